The molecule has 0 unspecified atom stereocenters. The largest absolute Gasteiger partial charge is 0.364 e. The third kappa shape index (κ3) is 2.28. The van der Waals surface area contributed by atoms with Crippen molar-refractivity contribution in [2.24, 2.45) is 7.05 Å². The Bertz CT molecular complexity index is 891. The zero-order chi connectivity index (χ0) is 15.9. The van der Waals surface area contributed by atoms with Crippen molar-refractivity contribution in [2.75, 3.05) is 7.05 Å². The summed E-state index contributed by atoms with van der Waals surface area (Å²) in [6, 6.07) is 2.99. The molecule has 0 fully saturated rings. The smallest absolute Gasteiger partial charge is 0.254 e. The Morgan fingerprint density at radius 3 is 2.95 bits per heavy atom. The van der Waals surface area contributed by atoms with E-state index in [1.165, 1.54) is 17.2 Å². The highest BCUT2D eigenvalue weighted by Crippen LogP contribution is 2.20. The molecule has 0 spiro atoms. The summed E-state index contributed by atoms with van der Waals surface area (Å²) in [4.78, 5) is 28.7. The molecular formula is C14H15N5O3. The summed E-state index contributed by atoms with van der Waals surface area (Å²) in [5.41, 5.74) is 1.85. The molecule has 0 saturated heterocycles. The van der Waals surface area contributed by atoms with Crippen LogP contribution in [0.25, 0.3) is 11.0 Å². The SMILES string of the molecule is Cc1nn(C)c2[nH]c(=O)cc(C(=O)N(C)Cc3ccon3)c12. The van der Waals surface area contributed by atoms with Crippen molar-refractivity contribution in [1.82, 2.24) is 24.8 Å². The van der Waals surface area contributed by atoms with E-state index in [0.717, 1.165) is 0 Å². The van der Waals surface area contributed by atoms with E-state index in [1.54, 1.807) is 31.8 Å². The lowest BCUT2D eigenvalue weighted by Gasteiger charge is -2.16. The third-order valence-electron chi connectivity index (χ3n) is 3.48. The van der Waals surface area contributed by atoms with Crippen LogP contribution in [0.3, 0.4) is 0 Å². The van der Waals surface area contributed by atoms with Crippen LogP contribution in [0.5, 0.6) is 0 Å². The van der Waals surface area contributed by atoms with Crippen LogP contribution in [0.4, 0.5) is 0 Å². The predicted molar refractivity (Wildman–Crippen MR) is 78.4 cm³/mol. The monoisotopic (exact) mass is 301 g/mol. The molecule has 22 heavy (non-hydrogen) atoms. The summed E-state index contributed by atoms with van der Waals surface area (Å²) in [7, 11) is 3.37. The van der Waals surface area contributed by atoms with Crippen molar-refractivity contribution in [2.45, 2.75) is 13.5 Å². The number of hydrogen-bond donors (Lipinski definition) is 1. The van der Waals surface area contributed by atoms with Crippen LogP contribution in [0.15, 0.2) is 27.7 Å². The van der Waals surface area contributed by atoms with Gasteiger partial charge in [-0.1, -0.05) is 5.16 Å². The second-order valence-electron chi connectivity index (χ2n) is 5.13. The maximum atomic E-state index is 12.7. The average Bonchev–Trinajstić information content (AvgIpc) is 3.06. The van der Waals surface area contributed by atoms with Gasteiger partial charge in [0.05, 0.1) is 23.2 Å². The summed E-state index contributed by atoms with van der Waals surface area (Å²) >= 11 is 0. The first-order valence-electron chi connectivity index (χ1n) is 6.68. The van der Waals surface area contributed by atoms with Gasteiger partial charge in [0.1, 0.15) is 17.6 Å². The molecule has 3 heterocycles. The van der Waals surface area contributed by atoms with Crippen LogP contribution in [-0.4, -0.2) is 37.8 Å². The number of aromatic amines is 1. The van der Waals surface area contributed by atoms with E-state index >= 15 is 0 Å². The topological polar surface area (TPSA) is 97.0 Å². The molecule has 0 aliphatic carbocycles. The molecule has 1 N–H and O–H groups in total. The van der Waals surface area contributed by atoms with E-state index in [-0.39, 0.29) is 11.5 Å². The summed E-state index contributed by atoms with van der Waals surface area (Å²) in [6.45, 7) is 2.10. The Hall–Kier alpha value is -2.90. The molecule has 3 aromatic rings. The zero-order valence-electron chi connectivity index (χ0n) is 12.5. The van der Waals surface area contributed by atoms with Crippen LogP contribution in [0.1, 0.15) is 21.7 Å². The molecule has 8 nitrogen and oxygen atoms in total. The summed E-state index contributed by atoms with van der Waals surface area (Å²) < 4.78 is 6.31. The Balaban J connectivity index is 2.05. The first-order chi connectivity index (χ1) is 10.5. The molecule has 0 aromatic carbocycles. The van der Waals surface area contributed by atoms with Gasteiger partial charge in [-0.3, -0.25) is 14.3 Å². The molecule has 0 atom stereocenters. The van der Waals surface area contributed by atoms with E-state index < -0.39 is 0 Å². The van der Waals surface area contributed by atoms with Gasteiger partial charge in [0.2, 0.25) is 5.56 Å². The lowest BCUT2D eigenvalue weighted by Crippen LogP contribution is -2.28. The molecule has 0 radical (unpaired) electrons. The summed E-state index contributed by atoms with van der Waals surface area (Å²) in [5, 5.41) is 8.69. The Morgan fingerprint density at radius 1 is 1.50 bits per heavy atom. The van der Waals surface area contributed by atoms with Gasteiger partial charge in [-0.25, -0.2) is 0 Å². The number of hydrogen-bond acceptors (Lipinski definition) is 5. The molecule has 8 heteroatoms. The van der Waals surface area contributed by atoms with Gasteiger partial charge in [0, 0.05) is 26.2 Å². The number of H-pyrrole nitrogens is 1. The van der Waals surface area contributed by atoms with Crippen molar-refractivity contribution in [3.8, 4) is 0 Å². The van der Waals surface area contributed by atoms with Crippen LogP contribution >= 0.6 is 0 Å². The van der Waals surface area contributed by atoms with Gasteiger partial charge in [-0.05, 0) is 6.92 Å². The highest BCUT2D eigenvalue weighted by Gasteiger charge is 2.20. The van der Waals surface area contributed by atoms with Crippen molar-refractivity contribution in [3.63, 3.8) is 0 Å². The fourth-order valence-corrected chi connectivity index (χ4v) is 2.49. The van der Waals surface area contributed by atoms with Gasteiger partial charge in [0.15, 0.2) is 0 Å². The summed E-state index contributed by atoms with van der Waals surface area (Å²) in [5.74, 6) is -0.268. The number of rotatable bonds is 3. The van der Waals surface area contributed by atoms with Crippen LogP contribution < -0.4 is 5.56 Å². The molecule has 0 bridgehead atoms. The van der Waals surface area contributed by atoms with Crippen molar-refractivity contribution < 1.29 is 9.32 Å². The normalized spacial score (nSPS) is 11.0. The number of nitrogens with one attached hydrogen (secondary N) is 1. The molecule has 3 aromatic heterocycles. The maximum Gasteiger partial charge on any atom is 0.254 e. The number of nitrogens with zero attached hydrogens (tertiary/aromatic N) is 4. The quantitative estimate of drug-likeness (QED) is 0.773. The molecule has 0 aliphatic heterocycles. The minimum absolute atomic E-state index is 0.268. The van der Waals surface area contributed by atoms with Crippen LogP contribution in [-0.2, 0) is 13.6 Å². The first kappa shape index (κ1) is 14.1. The molecule has 1 amide bonds. The van der Waals surface area contributed by atoms with Gasteiger partial charge in [-0.15, -0.1) is 0 Å². The van der Waals surface area contributed by atoms with Gasteiger partial charge < -0.3 is 14.4 Å². The lowest BCUT2D eigenvalue weighted by atomic mass is 10.1. The zero-order valence-corrected chi connectivity index (χ0v) is 12.5. The minimum atomic E-state index is -0.339. The number of pyridine rings is 1. The molecule has 3 rings (SSSR count). The van der Waals surface area contributed by atoms with Crippen molar-refractivity contribution >= 4 is 16.9 Å². The third-order valence-corrected chi connectivity index (χ3v) is 3.48. The van der Waals surface area contributed by atoms with Gasteiger partial charge in [0.25, 0.3) is 5.91 Å². The van der Waals surface area contributed by atoms with E-state index in [9.17, 15) is 9.59 Å². The maximum absolute atomic E-state index is 12.7. The standard InChI is InChI=1S/C14H15N5O3/c1-8-12-10(6-11(20)15-13(12)19(3)16-8)14(21)18(2)7-9-4-5-22-17-9/h4-6H,7H2,1-3H3,(H,15,20). The van der Waals surface area contributed by atoms with E-state index in [0.29, 0.717) is 34.5 Å². The second-order valence-corrected chi connectivity index (χ2v) is 5.13. The van der Waals surface area contributed by atoms with Crippen LogP contribution in [0, 0.1) is 6.92 Å². The number of fused-ring (bicyclic) bond motifs is 1. The molecule has 114 valence electrons. The average molecular weight is 301 g/mol. The highest BCUT2D eigenvalue weighted by atomic mass is 16.5. The Labute approximate surface area is 125 Å². The van der Waals surface area contributed by atoms with Crippen molar-refractivity contribution in [1.29, 1.82) is 0 Å². The van der Waals surface area contributed by atoms with Crippen molar-refractivity contribution in [3.05, 3.63) is 45.7 Å². The highest BCUT2D eigenvalue weighted by molar-refractivity contribution is 6.06. The number of aromatic nitrogens is 4. The molecule has 0 aliphatic rings. The second kappa shape index (κ2) is 5.14. The Kier molecular flexibility index (Phi) is 3.28. The number of carbonyl (C=O) groups excluding carboxylic acids is 1. The number of carbonyl (C=O) groups is 1. The molecule has 0 saturated carbocycles. The lowest BCUT2D eigenvalue weighted by molar-refractivity contribution is 0.0784. The first-order valence-corrected chi connectivity index (χ1v) is 6.68. The summed E-state index contributed by atoms with van der Waals surface area (Å²) in [6.07, 6.45) is 1.45. The minimum Gasteiger partial charge on any atom is -0.364 e. The van der Waals surface area contributed by atoms with E-state index in [4.69, 9.17) is 4.52 Å². The van der Waals surface area contributed by atoms with Gasteiger partial charge >= 0.3 is 0 Å². The fraction of sp³-hybridized carbons (Fsp3) is 0.286. The van der Waals surface area contributed by atoms with Crippen LogP contribution in [0.2, 0.25) is 0 Å². The van der Waals surface area contributed by atoms with E-state index in [1.807, 2.05) is 0 Å². The molecular weight excluding hydrogens is 286 g/mol. The number of aryl methyl sites for hydroxylation is 2. The fourth-order valence-electron chi connectivity index (χ4n) is 2.49. The van der Waals surface area contributed by atoms with Gasteiger partial charge in [-0.2, -0.15) is 5.10 Å². The Morgan fingerprint density at radius 2 is 2.27 bits per heavy atom. The number of amides is 1. The van der Waals surface area contributed by atoms with E-state index in [2.05, 4.69) is 15.2 Å². The predicted octanol–water partition coefficient (Wildman–Crippen LogP) is 0.830.